The molecule has 0 unspecified atom stereocenters. The standard InChI is InChI=1S/C10H18OS2/c1-12-10(8-11,13-2)9-6-4-3-5-7-9/h8-9H,3-7H2,1-2H3. The topological polar surface area (TPSA) is 17.1 Å². The van der Waals surface area contributed by atoms with Crippen LogP contribution in [0.15, 0.2) is 0 Å². The molecule has 0 aromatic carbocycles. The maximum atomic E-state index is 11.1. The maximum Gasteiger partial charge on any atom is 0.146 e. The second-order valence-corrected chi connectivity index (χ2v) is 6.01. The second-order valence-electron chi connectivity index (χ2n) is 3.58. The summed E-state index contributed by atoms with van der Waals surface area (Å²) in [4.78, 5) is 11.1. The Hall–Kier alpha value is 0.370. The molecule has 1 aliphatic carbocycles. The van der Waals surface area contributed by atoms with Gasteiger partial charge in [0.25, 0.3) is 0 Å². The fourth-order valence-electron chi connectivity index (χ4n) is 2.11. The minimum Gasteiger partial charge on any atom is -0.301 e. The first-order chi connectivity index (χ1) is 6.29. The van der Waals surface area contributed by atoms with E-state index < -0.39 is 0 Å². The smallest absolute Gasteiger partial charge is 0.146 e. The van der Waals surface area contributed by atoms with Crippen molar-refractivity contribution in [3.05, 3.63) is 0 Å². The summed E-state index contributed by atoms with van der Waals surface area (Å²) in [7, 11) is 0. The van der Waals surface area contributed by atoms with Gasteiger partial charge in [0.2, 0.25) is 0 Å². The van der Waals surface area contributed by atoms with Gasteiger partial charge < -0.3 is 4.79 Å². The van der Waals surface area contributed by atoms with Crippen LogP contribution < -0.4 is 0 Å². The van der Waals surface area contributed by atoms with Gasteiger partial charge in [0.1, 0.15) is 10.4 Å². The first kappa shape index (κ1) is 11.4. The van der Waals surface area contributed by atoms with Crippen LogP contribution in [0.2, 0.25) is 0 Å². The highest BCUT2D eigenvalue weighted by Crippen LogP contribution is 2.45. The van der Waals surface area contributed by atoms with Gasteiger partial charge >= 0.3 is 0 Å². The summed E-state index contributed by atoms with van der Waals surface area (Å²) in [5.41, 5.74) is 0. The number of hydrogen-bond donors (Lipinski definition) is 0. The lowest BCUT2D eigenvalue weighted by Crippen LogP contribution is -2.33. The van der Waals surface area contributed by atoms with Crippen molar-refractivity contribution in [1.29, 1.82) is 0 Å². The highest BCUT2D eigenvalue weighted by Gasteiger charge is 2.37. The van der Waals surface area contributed by atoms with Crippen molar-refractivity contribution in [1.82, 2.24) is 0 Å². The van der Waals surface area contributed by atoms with Crippen LogP contribution in [-0.4, -0.2) is 22.9 Å². The molecule has 0 amide bonds. The average Bonchev–Trinajstić information content (AvgIpc) is 2.23. The quantitative estimate of drug-likeness (QED) is 0.533. The molecular weight excluding hydrogens is 200 g/mol. The molecule has 0 heterocycles. The minimum atomic E-state index is -0.152. The predicted octanol–water partition coefficient (Wildman–Crippen LogP) is 3.19. The molecule has 0 atom stereocenters. The third-order valence-electron chi connectivity index (χ3n) is 2.98. The van der Waals surface area contributed by atoms with Gasteiger partial charge in [0.15, 0.2) is 0 Å². The number of hydrogen-bond acceptors (Lipinski definition) is 3. The molecule has 0 radical (unpaired) electrons. The zero-order valence-corrected chi connectivity index (χ0v) is 10.0. The molecule has 76 valence electrons. The lowest BCUT2D eigenvalue weighted by molar-refractivity contribution is -0.109. The maximum absolute atomic E-state index is 11.1. The Morgan fingerprint density at radius 2 is 1.69 bits per heavy atom. The summed E-state index contributed by atoms with van der Waals surface area (Å²) in [6.07, 6.45) is 11.7. The van der Waals surface area contributed by atoms with Crippen LogP contribution in [0.3, 0.4) is 0 Å². The minimum absolute atomic E-state index is 0.152. The summed E-state index contributed by atoms with van der Waals surface area (Å²) in [6, 6.07) is 0. The van der Waals surface area contributed by atoms with E-state index in [1.54, 1.807) is 23.5 Å². The summed E-state index contributed by atoms with van der Waals surface area (Å²) < 4.78 is -0.152. The van der Waals surface area contributed by atoms with E-state index in [2.05, 4.69) is 12.5 Å². The lowest BCUT2D eigenvalue weighted by Gasteiger charge is -2.35. The molecule has 1 rings (SSSR count). The monoisotopic (exact) mass is 218 g/mol. The molecule has 0 spiro atoms. The molecule has 0 aliphatic heterocycles. The number of carbonyl (C=O) groups excluding carboxylic acids is 1. The van der Waals surface area contributed by atoms with Crippen LogP contribution in [0.1, 0.15) is 32.1 Å². The second kappa shape index (κ2) is 5.30. The van der Waals surface area contributed by atoms with Crippen molar-refractivity contribution in [3.8, 4) is 0 Å². The van der Waals surface area contributed by atoms with Crippen LogP contribution in [0.25, 0.3) is 0 Å². The SMILES string of the molecule is CSC(C=O)(SC)C1CCCCC1. The Labute approximate surface area is 89.4 Å². The molecule has 0 bridgehead atoms. The fraction of sp³-hybridized carbons (Fsp3) is 0.900. The van der Waals surface area contributed by atoms with E-state index in [9.17, 15) is 4.79 Å². The normalized spacial score (nSPS) is 20.2. The first-order valence-electron chi connectivity index (χ1n) is 4.85. The Bertz CT molecular complexity index is 160. The zero-order chi connectivity index (χ0) is 9.73. The van der Waals surface area contributed by atoms with Crippen molar-refractivity contribution in [2.24, 2.45) is 5.92 Å². The van der Waals surface area contributed by atoms with Gasteiger partial charge in [-0.2, -0.15) is 0 Å². The highest BCUT2D eigenvalue weighted by molar-refractivity contribution is 8.18. The highest BCUT2D eigenvalue weighted by atomic mass is 32.2. The van der Waals surface area contributed by atoms with Gasteiger partial charge in [0.05, 0.1) is 0 Å². The molecule has 0 aromatic heterocycles. The van der Waals surface area contributed by atoms with Crippen molar-refractivity contribution in [2.75, 3.05) is 12.5 Å². The third-order valence-corrected chi connectivity index (χ3v) is 6.11. The molecule has 1 aliphatic rings. The first-order valence-corrected chi connectivity index (χ1v) is 7.30. The van der Waals surface area contributed by atoms with Crippen molar-refractivity contribution in [2.45, 2.75) is 36.2 Å². The van der Waals surface area contributed by atoms with E-state index >= 15 is 0 Å². The molecule has 0 aromatic rings. The van der Waals surface area contributed by atoms with Crippen LogP contribution in [0.4, 0.5) is 0 Å². The van der Waals surface area contributed by atoms with Crippen LogP contribution in [0.5, 0.6) is 0 Å². The summed E-state index contributed by atoms with van der Waals surface area (Å²) in [5.74, 6) is 0.601. The van der Waals surface area contributed by atoms with Gasteiger partial charge in [-0.15, -0.1) is 23.5 Å². The van der Waals surface area contributed by atoms with Gasteiger partial charge in [-0.3, -0.25) is 0 Å². The largest absolute Gasteiger partial charge is 0.301 e. The lowest BCUT2D eigenvalue weighted by atomic mass is 9.87. The van der Waals surface area contributed by atoms with E-state index in [0.717, 1.165) is 0 Å². The van der Waals surface area contributed by atoms with Crippen LogP contribution >= 0.6 is 23.5 Å². The van der Waals surface area contributed by atoms with Crippen molar-refractivity contribution >= 4 is 29.8 Å². The molecule has 13 heavy (non-hydrogen) atoms. The molecule has 1 fully saturated rings. The van der Waals surface area contributed by atoms with E-state index in [0.29, 0.717) is 5.92 Å². The van der Waals surface area contributed by atoms with Gasteiger partial charge in [0, 0.05) is 0 Å². The van der Waals surface area contributed by atoms with Gasteiger partial charge in [-0.1, -0.05) is 19.3 Å². The van der Waals surface area contributed by atoms with Gasteiger partial charge in [-0.25, -0.2) is 0 Å². The Morgan fingerprint density at radius 1 is 1.15 bits per heavy atom. The van der Waals surface area contributed by atoms with Gasteiger partial charge in [-0.05, 0) is 31.3 Å². The number of thioether (sulfide) groups is 2. The van der Waals surface area contributed by atoms with Crippen molar-refractivity contribution in [3.63, 3.8) is 0 Å². The molecule has 1 saturated carbocycles. The Morgan fingerprint density at radius 3 is 2.08 bits per heavy atom. The summed E-state index contributed by atoms with van der Waals surface area (Å²) >= 11 is 3.44. The molecule has 0 N–H and O–H groups in total. The van der Waals surface area contributed by atoms with Crippen LogP contribution in [0, 0.1) is 5.92 Å². The fourth-order valence-corrected chi connectivity index (χ4v) is 4.11. The van der Waals surface area contributed by atoms with E-state index in [4.69, 9.17) is 0 Å². The number of rotatable bonds is 4. The molecule has 0 saturated heterocycles. The molecular formula is C10H18OS2. The van der Waals surface area contributed by atoms with Crippen molar-refractivity contribution < 1.29 is 4.79 Å². The summed E-state index contributed by atoms with van der Waals surface area (Å²) in [6.45, 7) is 0. The predicted molar refractivity (Wildman–Crippen MR) is 62.4 cm³/mol. The summed E-state index contributed by atoms with van der Waals surface area (Å²) in [5, 5.41) is 0. The molecule has 3 heteroatoms. The number of carbonyl (C=O) groups is 1. The zero-order valence-electron chi connectivity index (χ0n) is 8.41. The van der Waals surface area contributed by atoms with Crippen LogP contribution in [-0.2, 0) is 4.79 Å². The van der Waals surface area contributed by atoms with E-state index in [1.807, 2.05) is 0 Å². The molecule has 1 nitrogen and oxygen atoms in total. The Balaban J connectivity index is 2.66. The number of aldehydes is 1. The van der Waals surface area contributed by atoms with E-state index in [-0.39, 0.29) is 4.08 Å². The average molecular weight is 218 g/mol. The van der Waals surface area contributed by atoms with E-state index in [1.165, 1.54) is 38.4 Å². The third kappa shape index (κ3) is 2.44. The Kier molecular flexibility index (Phi) is 4.67.